The van der Waals surface area contributed by atoms with Crippen molar-refractivity contribution in [2.24, 2.45) is 11.8 Å². The van der Waals surface area contributed by atoms with Crippen molar-refractivity contribution in [2.45, 2.75) is 26.3 Å². The van der Waals surface area contributed by atoms with Crippen LogP contribution in [0.25, 0.3) is 0 Å². The molecule has 4 nitrogen and oxygen atoms in total. The lowest BCUT2D eigenvalue weighted by atomic mass is 9.97. The van der Waals surface area contributed by atoms with Crippen LogP contribution in [0.5, 0.6) is 0 Å². The van der Waals surface area contributed by atoms with Gasteiger partial charge in [0.05, 0.1) is 12.0 Å². The lowest BCUT2D eigenvalue weighted by Crippen LogP contribution is -2.36. The lowest BCUT2D eigenvalue weighted by Gasteiger charge is -2.23. The van der Waals surface area contributed by atoms with Gasteiger partial charge in [0.15, 0.2) is 0 Å². The first-order valence-electron chi connectivity index (χ1n) is 6.57. The van der Waals surface area contributed by atoms with E-state index in [9.17, 15) is 9.59 Å². The minimum Gasteiger partial charge on any atom is -0.356 e. The molecule has 1 aromatic rings. The van der Waals surface area contributed by atoms with Gasteiger partial charge in [0.25, 0.3) is 0 Å². The molecule has 5 heteroatoms. The van der Waals surface area contributed by atoms with E-state index < -0.39 is 0 Å². The summed E-state index contributed by atoms with van der Waals surface area (Å²) in [5.74, 6) is 0.182. The van der Waals surface area contributed by atoms with E-state index in [1.54, 1.807) is 23.3 Å². The van der Waals surface area contributed by atoms with Gasteiger partial charge < -0.3 is 10.2 Å². The predicted molar refractivity (Wildman–Crippen MR) is 75.8 cm³/mol. The monoisotopic (exact) mass is 280 g/mol. The Morgan fingerprint density at radius 3 is 2.89 bits per heavy atom. The normalized spacial score (nSPS) is 23.2. The number of nitrogens with zero attached hydrogens (tertiary/aromatic N) is 1. The van der Waals surface area contributed by atoms with Gasteiger partial charge in [-0.1, -0.05) is 19.9 Å². The number of amides is 2. The maximum atomic E-state index is 12.3. The highest BCUT2D eigenvalue weighted by atomic mass is 32.1. The second kappa shape index (κ2) is 5.74. The Morgan fingerprint density at radius 1 is 1.58 bits per heavy atom. The predicted octanol–water partition coefficient (Wildman–Crippen LogP) is 2.04. The van der Waals surface area contributed by atoms with Crippen LogP contribution in [0.2, 0.25) is 0 Å². The molecule has 0 spiro atoms. The van der Waals surface area contributed by atoms with Crippen LogP contribution in [0.15, 0.2) is 17.5 Å². The van der Waals surface area contributed by atoms with Crippen LogP contribution in [0.4, 0.5) is 0 Å². The molecule has 1 saturated heterocycles. The fourth-order valence-electron chi connectivity index (χ4n) is 2.39. The van der Waals surface area contributed by atoms with E-state index in [0.29, 0.717) is 18.9 Å². The third kappa shape index (κ3) is 2.97. The van der Waals surface area contributed by atoms with Crippen LogP contribution < -0.4 is 5.32 Å². The molecule has 1 aliphatic heterocycles. The Bertz CT molecular complexity index is 456. The molecule has 1 fully saturated rings. The van der Waals surface area contributed by atoms with Crippen LogP contribution in [0, 0.1) is 11.8 Å². The minimum atomic E-state index is -0.269. The number of thiophene rings is 1. The molecule has 0 aromatic carbocycles. The molecule has 2 heterocycles. The summed E-state index contributed by atoms with van der Waals surface area (Å²) >= 11 is 1.60. The molecule has 104 valence electrons. The number of carbonyl (C=O) groups excluding carboxylic acids is 2. The first-order chi connectivity index (χ1) is 9.00. The van der Waals surface area contributed by atoms with Crippen molar-refractivity contribution in [3.8, 4) is 0 Å². The number of hydrogen-bond donors (Lipinski definition) is 1. The van der Waals surface area contributed by atoms with Gasteiger partial charge in [-0.15, -0.1) is 11.3 Å². The molecule has 1 aromatic heterocycles. The van der Waals surface area contributed by atoms with Crippen LogP contribution in [0.1, 0.15) is 31.2 Å². The number of carbonyl (C=O) groups is 2. The third-order valence-electron chi connectivity index (χ3n) is 3.44. The van der Waals surface area contributed by atoms with Crippen molar-refractivity contribution in [1.29, 1.82) is 0 Å². The van der Waals surface area contributed by atoms with Crippen molar-refractivity contribution in [2.75, 3.05) is 13.6 Å². The minimum absolute atomic E-state index is 0.00944. The summed E-state index contributed by atoms with van der Waals surface area (Å²) < 4.78 is 0. The van der Waals surface area contributed by atoms with E-state index in [4.69, 9.17) is 0 Å². The van der Waals surface area contributed by atoms with Gasteiger partial charge in [-0.25, -0.2) is 0 Å². The zero-order valence-electron chi connectivity index (χ0n) is 11.6. The topological polar surface area (TPSA) is 49.4 Å². The number of likely N-dealkylation sites (tertiary alicyclic amines) is 1. The standard InChI is InChI=1S/C14H20N2O2S/c1-9(2)8-15-14(18)10-7-12(17)16(3)13(10)11-5-4-6-19-11/h4-6,9-10,13H,7-8H2,1-3H3,(H,15,18). The maximum absolute atomic E-state index is 12.3. The molecule has 2 rings (SSSR count). The van der Waals surface area contributed by atoms with E-state index >= 15 is 0 Å². The van der Waals surface area contributed by atoms with Gasteiger partial charge in [-0.05, 0) is 17.4 Å². The third-order valence-corrected chi connectivity index (χ3v) is 4.39. The lowest BCUT2D eigenvalue weighted by molar-refractivity contribution is -0.128. The van der Waals surface area contributed by atoms with Gasteiger partial charge in [0.2, 0.25) is 11.8 Å². The van der Waals surface area contributed by atoms with E-state index in [-0.39, 0.29) is 23.8 Å². The van der Waals surface area contributed by atoms with E-state index in [0.717, 1.165) is 4.88 Å². The molecular weight excluding hydrogens is 260 g/mol. The van der Waals surface area contributed by atoms with E-state index in [1.807, 2.05) is 17.5 Å². The van der Waals surface area contributed by atoms with Gasteiger partial charge in [0.1, 0.15) is 0 Å². The Balaban J connectivity index is 2.14. The average Bonchev–Trinajstić information content (AvgIpc) is 2.96. The van der Waals surface area contributed by atoms with Gasteiger partial charge >= 0.3 is 0 Å². The molecule has 19 heavy (non-hydrogen) atoms. The van der Waals surface area contributed by atoms with Crippen molar-refractivity contribution >= 4 is 23.2 Å². The van der Waals surface area contributed by atoms with E-state index in [1.165, 1.54) is 0 Å². The van der Waals surface area contributed by atoms with Crippen LogP contribution in [0.3, 0.4) is 0 Å². The Kier molecular flexibility index (Phi) is 4.24. The maximum Gasteiger partial charge on any atom is 0.226 e. The number of rotatable bonds is 4. The molecule has 2 atom stereocenters. The highest BCUT2D eigenvalue weighted by Gasteiger charge is 2.42. The van der Waals surface area contributed by atoms with Crippen molar-refractivity contribution in [1.82, 2.24) is 10.2 Å². The summed E-state index contributed by atoms with van der Waals surface area (Å²) in [7, 11) is 1.78. The Labute approximate surface area is 117 Å². The van der Waals surface area contributed by atoms with Crippen molar-refractivity contribution < 1.29 is 9.59 Å². The Hall–Kier alpha value is -1.36. The largest absolute Gasteiger partial charge is 0.356 e. The summed E-state index contributed by atoms with van der Waals surface area (Å²) in [6.45, 7) is 4.77. The number of hydrogen-bond acceptors (Lipinski definition) is 3. The van der Waals surface area contributed by atoms with Crippen LogP contribution >= 0.6 is 11.3 Å². The SMILES string of the molecule is CC(C)CNC(=O)C1CC(=O)N(C)C1c1cccs1. The summed E-state index contributed by atoms with van der Waals surface area (Å²) in [5.41, 5.74) is 0. The summed E-state index contributed by atoms with van der Waals surface area (Å²) in [4.78, 5) is 26.9. The first-order valence-corrected chi connectivity index (χ1v) is 7.45. The fraction of sp³-hybridized carbons (Fsp3) is 0.571. The molecule has 1 aliphatic rings. The molecule has 0 radical (unpaired) electrons. The molecule has 0 aliphatic carbocycles. The van der Waals surface area contributed by atoms with Gasteiger partial charge in [0, 0.05) is 24.9 Å². The summed E-state index contributed by atoms with van der Waals surface area (Å²) in [6, 6.07) is 3.84. The molecule has 0 saturated carbocycles. The quantitative estimate of drug-likeness (QED) is 0.917. The molecule has 2 amide bonds. The number of nitrogens with one attached hydrogen (secondary N) is 1. The average molecular weight is 280 g/mol. The molecule has 0 bridgehead atoms. The van der Waals surface area contributed by atoms with E-state index in [2.05, 4.69) is 19.2 Å². The van der Waals surface area contributed by atoms with Crippen LogP contribution in [-0.4, -0.2) is 30.3 Å². The molecular formula is C14H20N2O2S. The van der Waals surface area contributed by atoms with Crippen LogP contribution in [-0.2, 0) is 9.59 Å². The molecule has 1 N–H and O–H groups in total. The van der Waals surface area contributed by atoms with Gasteiger partial charge in [-0.3, -0.25) is 9.59 Å². The second-order valence-corrected chi connectivity index (χ2v) is 6.39. The Morgan fingerprint density at radius 2 is 2.32 bits per heavy atom. The van der Waals surface area contributed by atoms with Crippen molar-refractivity contribution in [3.63, 3.8) is 0 Å². The summed E-state index contributed by atoms with van der Waals surface area (Å²) in [6.07, 6.45) is 0.309. The zero-order valence-corrected chi connectivity index (χ0v) is 12.4. The first kappa shape index (κ1) is 14.1. The highest BCUT2D eigenvalue weighted by Crippen LogP contribution is 2.38. The van der Waals surface area contributed by atoms with Gasteiger partial charge in [-0.2, -0.15) is 0 Å². The highest BCUT2D eigenvalue weighted by molar-refractivity contribution is 7.10. The summed E-state index contributed by atoms with van der Waals surface area (Å²) in [5, 5.41) is 4.93. The second-order valence-electron chi connectivity index (χ2n) is 5.41. The molecule has 2 unspecified atom stereocenters. The zero-order chi connectivity index (χ0) is 14.0. The smallest absolute Gasteiger partial charge is 0.226 e. The van der Waals surface area contributed by atoms with Crippen molar-refractivity contribution in [3.05, 3.63) is 22.4 Å². The fourth-order valence-corrected chi connectivity index (χ4v) is 3.32.